The number of methoxy groups -OCH3 is 1. The summed E-state index contributed by atoms with van der Waals surface area (Å²) in [5.41, 5.74) is 0.589. The van der Waals surface area contributed by atoms with Crippen LogP contribution in [0.4, 0.5) is 11.4 Å². The summed E-state index contributed by atoms with van der Waals surface area (Å²) in [4.78, 5) is 11.6. The van der Waals surface area contributed by atoms with Crippen molar-refractivity contribution in [1.29, 1.82) is 0 Å². The van der Waals surface area contributed by atoms with Crippen molar-refractivity contribution in [2.75, 3.05) is 17.7 Å². The molecule has 1 amide bonds. The highest BCUT2D eigenvalue weighted by Crippen LogP contribution is 2.33. The lowest BCUT2D eigenvalue weighted by Crippen LogP contribution is -2.28. The Morgan fingerprint density at radius 2 is 1.79 bits per heavy atom. The van der Waals surface area contributed by atoms with Crippen LogP contribution in [0.5, 0.6) is 5.75 Å². The maximum Gasteiger partial charge on any atom is 0.273 e. The van der Waals surface area contributed by atoms with Crippen LogP contribution < -0.4 is 15.4 Å². The molecule has 0 saturated carbocycles. The van der Waals surface area contributed by atoms with Gasteiger partial charge in [0, 0.05) is 5.69 Å². The Kier molecular flexibility index (Phi) is 3.90. The molecule has 3 rings (SSSR count). The Bertz CT molecular complexity index is 933. The van der Waals surface area contributed by atoms with Crippen molar-refractivity contribution in [3.05, 3.63) is 59.3 Å². The van der Waals surface area contributed by atoms with Crippen LogP contribution in [-0.4, -0.2) is 26.5 Å². The second kappa shape index (κ2) is 5.89. The molecule has 3 N–H and O–H groups in total. The molecule has 0 atom stereocenters. The lowest BCUT2D eigenvalue weighted by atomic mass is 10.3. The third-order valence-corrected chi connectivity index (χ3v) is 5.32. The van der Waals surface area contributed by atoms with Gasteiger partial charge >= 0.3 is 0 Å². The number of fused-ring (bicyclic) bond motifs is 1. The fourth-order valence-electron chi connectivity index (χ4n) is 2.32. The molecule has 0 aromatic heterocycles. The first-order chi connectivity index (χ1) is 11.4. The van der Waals surface area contributed by atoms with E-state index in [0.29, 0.717) is 11.4 Å². The molecular weight excluding hydrogens is 332 g/mol. The number of hydrogen-bond acceptors (Lipinski definition) is 6. The monoisotopic (exact) mass is 346 g/mol. The van der Waals surface area contributed by atoms with Crippen molar-refractivity contribution in [2.24, 2.45) is 0 Å². The zero-order valence-corrected chi connectivity index (χ0v) is 13.4. The average Bonchev–Trinajstić information content (AvgIpc) is 2.55. The van der Waals surface area contributed by atoms with E-state index in [1.54, 1.807) is 36.4 Å². The van der Waals surface area contributed by atoms with Crippen molar-refractivity contribution >= 4 is 27.1 Å². The smallest absolute Gasteiger partial charge is 0.273 e. The molecule has 0 bridgehead atoms. The summed E-state index contributed by atoms with van der Waals surface area (Å²) in [6.07, 6.45) is 0. The van der Waals surface area contributed by atoms with E-state index >= 15 is 0 Å². The summed E-state index contributed by atoms with van der Waals surface area (Å²) < 4.78 is 30.2. The number of nitrogens with one attached hydrogen (secondary N) is 2. The molecule has 1 aliphatic heterocycles. The summed E-state index contributed by atoms with van der Waals surface area (Å²) in [6, 6.07) is 12.4. The Hall–Kier alpha value is -3.00. The first kappa shape index (κ1) is 15.9. The summed E-state index contributed by atoms with van der Waals surface area (Å²) in [5.74, 6) is -1.05. The van der Waals surface area contributed by atoms with E-state index in [4.69, 9.17) is 4.74 Å². The van der Waals surface area contributed by atoms with E-state index in [1.165, 1.54) is 19.2 Å². The van der Waals surface area contributed by atoms with Gasteiger partial charge in [-0.25, -0.2) is 8.42 Å². The molecule has 0 unspecified atom stereocenters. The topological polar surface area (TPSA) is 105 Å². The number of para-hydroxylation sites is 1. The number of carbonyl (C=O) groups excluding carboxylic acids is 1. The zero-order valence-electron chi connectivity index (χ0n) is 12.6. The van der Waals surface area contributed by atoms with Gasteiger partial charge in [0.25, 0.3) is 5.91 Å². The van der Waals surface area contributed by atoms with Gasteiger partial charge in [0.05, 0.1) is 17.7 Å². The number of anilines is 2. The van der Waals surface area contributed by atoms with Gasteiger partial charge in [-0.2, -0.15) is 0 Å². The van der Waals surface area contributed by atoms with Crippen molar-refractivity contribution in [3.63, 3.8) is 0 Å². The van der Waals surface area contributed by atoms with Crippen LogP contribution in [0.2, 0.25) is 0 Å². The lowest BCUT2D eigenvalue weighted by Gasteiger charge is -2.20. The molecular formula is C16H14N2O5S. The molecule has 124 valence electrons. The number of benzene rings is 2. The number of ether oxygens (including phenoxy) is 1. The number of sulfone groups is 1. The summed E-state index contributed by atoms with van der Waals surface area (Å²) in [5, 5.41) is 15.0. The number of carbonyl (C=O) groups is 1. The van der Waals surface area contributed by atoms with Crippen molar-refractivity contribution in [3.8, 4) is 5.75 Å². The predicted octanol–water partition coefficient (Wildman–Crippen LogP) is 2.26. The van der Waals surface area contributed by atoms with Crippen LogP contribution in [0, 0.1) is 0 Å². The van der Waals surface area contributed by atoms with E-state index in [0.717, 1.165) is 0 Å². The number of amides is 1. The van der Waals surface area contributed by atoms with Crippen LogP contribution in [0.25, 0.3) is 0 Å². The second-order valence-corrected chi connectivity index (χ2v) is 6.84. The fourth-order valence-corrected chi connectivity index (χ4v) is 3.80. The average molecular weight is 346 g/mol. The number of hydrogen-bond donors (Lipinski definition) is 3. The summed E-state index contributed by atoms with van der Waals surface area (Å²) in [7, 11) is -2.63. The van der Waals surface area contributed by atoms with Gasteiger partial charge in [-0.3, -0.25) is 4.79 Å². The molecule has 24 heavy (non-hydrogen) atoms. The van der Waals surface area contributed by atoms with Gasteiger partial charge in [0.1, 0.15) is 5.75 Å². The van der Waals surface area contributed by atoms with E-state index in [2.05, 4.69) is 10.6 Å². The molecule has 2 aromatic carbocycles. The number of rotatable bonds is 3. The molecule has 0 aliphatic carbocycles. The lowest BCUT2D eigenvalue weighted by molar-refractivity contribution is -0.112. The summed E-state index contributed by atoms with van der Waals surface area (Å²) in [6.45, 7) is 0. The van der Waals surface area contributed by atoms with Crippen molar-refractivity contribution in [1.82, 2.24) is 0 Å². The van der Waals surface area contributed by atoms with E-state index < -0.39 is 26.5 Å². The molecule has 1 heterocycles. The largest absolute Gasteiger partial charge is 0.497 e. The van der Waals surface area contributed by atoms with Gasteiger partial charge in [-0.05, 0) is 36.4 Å². The Balaban J connectivity index is 1.94. The minimum Gasteiger partial charge on any atom is -0.497 e. The van der Waals surface area contributed by atoms with Gasteiger partial charge in [0.2, 0.25) is 15.7 Å². The third kappa shape index (κ3) is 2.67. The van der Waals surface area contributed by atoms with Gasteiger partial charge in [0.15, 0.2) is 4.91 Å². The van der Waals surface area contributed by atoms with Crippen LogP contribution in [-0.2, 0) is 14.6 Å². The van der Waals surface area contributed by atoms with E-state index in [-0.39, 0.29) is 10.6 Å². The maximum absolute atomic E-state index is 12.6. The number of aliphatic hydroxyl groups excluding tert-OH is 1. The molecule has 0 spiro atoms. The third-order valence-electron chi connectivity index (χ3n) is 3.47. The van der Waals surface area contributed by atoms with Crippen LogP contribution >= 0.6 is 0 Å². The highest BCUT2D eigenvalue weighted by atomic mass is 32.2. The minimum atomic E-state index is -4.13. The highest BCUT2D eigenvalue weighted by molar-refractivity contribution is 7.96. The van der Waals surface area contributed by atoms with Crippen LogP contribution in [0.1, 0.15) is 0 Å². The fraction of sp³-hybridized carbons (Fsp3) is 0.0625. The quantitative estimate of drug-likeness (QED) is 0.787. The normalized spacial score (nSPS) is 15.2. The summed E-state index contributed by atoms with van der Waals surface area (Å²) >= 11 is 0. The SMILES string of the molecule is COc1ccc(NC(=O)C2=C(O)Nc3ccccc3S2(=O)=O)cc1. The Labute approximate surface area is 138 Å². The van der Waals surface area contributed by atoms with Gasteiger partial charge < -0.3 is 20.5 Å². The van der Waals surface area contributed by atoms with Crippen molar-refractivity contribution in [2.45, 2.75) is 4.90 Å². The first-order valence-corrected chi connectivity index (χ1v) is 8.41. The highest BCUT2D eigenvalue weighted by Gasteiger charge is 2.37. The zero-order chi connectivity index (χ0) is 17.3. The Morgan fingerprint density at radius 3 is 2.46 bits per heavy atom. The van der Waals surface area contributed by atoms with E-state index in [1.807, 2.05) is 0 Å². The molecule has 2 aromatic rings. The molecule has 1 aliphatic rings. The second-order valence-electron chi connectivity index (χ2n) is 4.98. The molecule has 0 saturated heterocycles. The van der Waals surface area contributed by atoms with E-state index in [9.17, 15) is 18.3 Å². The molecule has 0 fully saturated rings. The van der Waals surface area contributed by atoms with Crippen LogP contribution in [0.3, 0.4) is 0 Å². The van der Waals surface area contributed by atoms with Crippen molar-refractivity contribution < 1.29 is 23.1 Å². The standard InChI is InChI=1S/C16H14N2O5S/c1-23-11-8-6-10(7-9-11)17-15(19)14-16(20)18-12-4-2-3-5-13(12)24(14,21)22/h2-9,18,20H,1H3,(H,17,19). The minimum absolute atomic E-state index is 0.0670. The van der Waals surface area contributed by atoms with Gasteiger partial charge in [-0.15, -0.1) is 0 Å². The molecule has 0 radical (unpaired) electrons. The Morgan fingerprint density at radius 1 is 1.12 bits per heavy atom. The number of aliphatic hydroxyl groups is 1. The molecule has 8 heteroatoms. The van der Waals surface area contributed by atoms with Gasteiger partial charge in [-0.1, -0.05) is 12.1 Å². The predicted molar refractivity (Wildman–Crippen MR) is 88.5 cm³/mol. The maximum atomic E-state index is 12.6. The molecule has 7 nitrogen and oxygen atoms in total. The first-order valence-electron chi connectivity index (χ1n) is 6.93. The van der Waals surface area contributed by atoms with Crippen LogP contribution in [0.15, 0.2) is 64.2 Å².